The van der Waals surface area contributed by atoms with Crippen LogP contribution in [0.25, 0.3) is 0 Å². The molecule has 98 valence electrons. The van der Waals surface area contributed by atoms with Gasteiger partial charge in [-0.1, -0.05) is 6.07 Å². The van der Waals surface area contributed by atoms with E-state index in [-0.39, 0.29) is 12.5 Å². The lowest BCUT2D eigenvalue weighted by atomic mass is 10.1. The molecule has 3 nitrogen and oxygen atoms in total. The zero-order chi connectivity index (χ0) is 13.7. The van der Waals surface area contributed by atoms with E-state index in [0.29, 0.717) is 17.5 Å². The van der Waals surface area contributed by atoms with Crippen LogP contribution < -0.4 is 5.32 Å². The van der Waals surface area contributed by atoms with Crippen LogP contribution >= 0.6 is 0 Å². The number of nitrogens with one attached hydrogen (secondary N) is 1. The number of carbonyl (C=O) groups excluding carboxylic acids is 1. The van der Waals surface area contributed by atoms with Crippen molar-refractivity contribution in [3.8, 4) is 0 Å². The van der Waals surface area contributed by atoms with Crippen LogP contribution in [-0.2, 0) is 6.42 Å². The van der Waals surface area contributed by atoms with Crippen molar-refractivity contribution in [1.29, 1.82) is 0 Å². The maximum Gasteiger partial charge on any atom is 0.251 e. The van der Waals surface area contributed by atoms with Crippen LogP contribution in [0.2, 0.25) is 0 Å². The normalized spacial score (nSPS) is 10.2. The second kappa shape index (κ2) is 6.04. The molecule has 1 amide bonds. The number of halogens is 2. The third-order valence-corrected chi connectivity index (χ3v) is 2.64. The molecular weight excluding hydrogens is 250 g/mol. The predicted octanol–water partition coefficient (Wildman–Crippen LogP) is 2.33. The first-order valence-electron chi connectivity index (χ1n) is 5.79. The molecule has 1 aromatic carbocycles. The molecule has 0 radical (unpaired) electrons. The number of nitrogens with zero attached hydrogens (tertiary/aromatic N) is 1. The molecule has 0 fully saturated rings. The lowest BCUT2D eigenvalue weighted by Gasteiger charge is -2.06. The van der Waals surface area contributed by atoms with Gasteiger partial charge in [0.1, 0.15) is 11.6 Å². The fourth-order valence-corrected chi connectivity index (χ4v) is 1.64. The van der Waals surface area contributed by atoms with Gasteiger partial charge in [-0.2, -0.15) is 0 Å². The van der Waals surface area contributed by atoms with Crippen LogP contribution in [0.1, 0.15) is 15.9 Å². The standard InChI is InChI=1S/C14H12F2N2O/c15-12-2-1-10(13(16)9-12)5-8-18-14(19)11-3-6-17-7-4-11/h1-4,6-7,9H,5,8H2,(H,18,19). The molecule has 0 spiro atoms. The number of hydrogen-bond acceptors (Lipinski definition) is 2. The summed E-state index contributed by atoms with van der Waals surface area (Å²) in [7, 11) is 0. The molecule has 0 saturated heterocycles. The Morgan fingerprint density at radius 3 is 2.58 bits per heavy atom. The molecular formula is C14H12F2N2O. The van der Waals surface area contributed by atoms with Gasteiger partial charge in [-0.05, 0) is 30.2 Å². The van der Waals surface area contributed by atoms with Crippen LogP contribution in [-0.4, -0.2) is 17.4 Å². The Morgan fingerprint density at radius 1 is 1.16 bits per heavy atom. The first-order valence-corrected chi connectivity index (χ1v) is 5.79. The molecule has 2 rings (SSSR count). The third kappa shape index (κ3) is 3.58. The molecule has 0 aliphatic heterocycles. The SMILES string of the molecule is O=C(NCCc1ccc(F)cc1F)c1ccncc1. The van der Waals surface area contributed by atoms with Gasteiger partial charge in [-0.15, -0.1) is 0 Å². The Morgan fingerprint density at radius 2 is 1.89 bits per heavy atom. The Kier molecular flexibility index (Phi) is 4.18. The number of benzene rings is 1. The van der Waals surface area contributed by atoms with Gasteiger partial charge in [0, 0.05) is 30.6 Å². The molecule has 0 bridgehead atoms. The van der Waals surface area contributed by atoms with E-state index in [1.54, 1.807) is 12.1 Å². The summed E-state index contributed by atoms with van der Waals surface area (Å²) in [6.45, 7) is 0.281. The molecule has 1 N–H and O–H groups in total. The van der Waals surface area contributed by atoms with Gasteiger partial charge in [-0.25, -0.2) is 8.78 Å². The van der Waals surface area contributed by atoms with Gasteiger partial charge in [-0.3, -0.25) is 9.78 Å². The van der Waals surface area contributed by atoms with Crippen LogP contribution in [0.4, 0.5) is 8.78 Å². The van der Waals surface area contributed by atoms with E-state index in [0.717, 1.165) is 6.07 Å². The molecule has 2 aromatic rings. The van der Waals surface area contributed by atoms with E-state index in [2.05, 4.69) is 10.3 Å². The van der Waals surface area contributed by atoms with Crippen LogP contribution in [0.3, 0.4) is 0 Å². The molecule has 19 heavy (non-hydrogen) atoms. The highest BCUT2D eigenvalue weighted by Crippen LogP contribution is 2.09. The summed E-state index contributed by atoms with van der Waals surface area (Å²) in [5.41, 5.74) is 0.867. The molecule has 0 saturated carbocycles. The second-order valence-electron chi connectivity index (χ2n) is 3.98. The summed E-state index contributed by atoms with van der Waals surface area (Å²) in [4.78, 5) is 15.5. The summed E-state index contributed by atoms with van der Waals surface area (Å²) >= 11 is 0. The van der Waals surface area contributed by atoms with Crippen LogP contribution in [0, 0.1) is 11.6 Å². The largest absolute Gasteiger partial charge is 0.352 e. The number of hydrogen-bond donors (Lipinski definition) is 1. The van der Waals surface area contributed by atoms with Crippen molar-refractivity contribution in [2.45, 2.75) is 6.42 Å². The summed E-state index contributed by atoms with van der Waals surface area (Å²) in [5.74, 6) is -1.45. The number of pyridine rings is 1. The Balaban J connectivity index is 1.88. The van der Waals surface area contributed by atoms with Gasteiger partial charge >= 0.3 is 0 Å². The smallest absolute Gasteiger partial charge is 0.251 e. The molecule has 0 aliphatic rings. The molecule has 5 heteroatoms. The van der Waals surface area contributed by atoms with Crippen molar-refractivity contribution in [3.05, 3.63) is 65.5 Å². The van der Waals surface area contributed by atoms with Crippen molar-refractivity contribution >= 4 is 5.91 Å². The average Bonchev–Trinajstić information content (AvgIpc) is 2.42. The Bertz CT molecular complexity index is 573. The van der Waals surface area contributed by atoms with Gasteiger partial charge in [0.15, 0.2) is 0 Å². The van der Waals surface area contributed by atoms with Crippen LogP contribution in [0.15, 0.2) is 42.7 Å². The number of rotatable bonds is 4. The molecule has 1 aromatic heterocycles. The summed E-state index contributed by atoms with van der Waals surface area (Å²) in [5, 5.41) is 2.66. The summed E-state index contributed by atoms with van der Waals surface area (Å²) < 4.78 is 26.0. The van der Waals surface area contributed by atoms with Crippen molar-refractivity contribution in [2.24, 2.45) is 0 Å². The molecule has 0 aliphatic carbocycles. The highest BCUT2D eigenvalue weighted by Gasteiger charge is 2.06. The monoisotopic (exact) mass is 262 g/mol. The zero-order valence-corrected chi connectivity index (χ0v) is 10.1. The Hall–Kier alpha value is -2.30. The van der Waals surface area contributed by atoms with E-state index >= 15 is 0 Å². The van der Waals surface area contributed by atoms with Crippen molar-refractivity contribution in [3.63, 3.8) is 0 Å². The van der Waals surface area contributed by atoms with E-state index in [1.807, 2.05) is 0 Å². The molecule has 0 atom stereocenters. The minimum atomic E-state index is -0.609. The third-order valence-electron chi connectivity index (χ3n) is 2.64. The number of amides is 1. The van der Waals surface area contributed by atoms with Crippen LogP contribution in [0.5, 0.6) is 0 Å². The minimum absolute atomic E-state index is 0.245. The second-order valence-corrected chi connectivity index (χ2v) is 3.98. The van der Waals surface area contributed by atoms with Gasteiger partial charge in [0.2, 0.25) is 0 Å². The van der Waals surface area contributed by atoms with E-state index in [1.165, 1.54) is 24.5 Å². The van der Waals surface area contributed by atoms with E-state index < -0.39 is 11.6 Å². The minimum Gasteiger partial charge on any atom is -0.352 e. The molecule has 0 unspecified atom stereocenters. The summed E-state index contributed by atoms with van der Waals surface area (Å²) in [6.07, 6.45) is 3.35. The first-order chi connectivity index (χ1) is 9.16. The maximum atomic E-state index is 13.3. The zero-order valence-electron chi connectivity index (χ0n) is 10.1. The average molecular weight is 262 g/mol. The molecule has 1 heterocycles. The summed E-state index contributed by atoms with van der Waals surface area (Å²) in [6, 6.07) is 6.59. The predicted molar refractivity (Wildman–Crippen MR) is 66.6 cm³/mol. The van der Waals surface area contributed by atoms with E-state index in [4.69, 9.17) is 0 Å². The van der Waals surface area contributed by atoms with Gasteiger partial charge in [0.25, 0.3) is 5.91 Å². The fraction of sp³-hybridized carbons (Fsp3) is 0.143. The van der Waals surface area contributed by atoms with Crippen molar-refractivity contribution < 1.29 is 13.6 Å². The van der Waals surface area contributed by atoms with Crippen molar-refractivity contribution in [1.82, 2.24) is 10.3 Å². The topological polar surface area (TPSA) is 42.0 Å². The fourth-order valence-electron chi connectivity index (χ4n) is 1.64. The number of carbonyl (C=O) groups is 1. The Labute approximate surface area is 109 Å². The quantitative estimate of drug-likeness (QED) is 0.918. The van der Waals surface area contributed by atoms with E-state index in [9.17, 15) is 13.6 Å². The highest BCUT2D eigenvalue weighted by molar-refractivity contribution is 5.93. The van der Waals surface area contributed by atoms with Gasteiger partial charge < -0.3 is 5.32 Å². The number of aromatic nitrogens is 1. The van der Waals surface area contributed by atoms with Gasteiger partial charge in [0.05, 0.1) is 0 Å². The first kappa shape index (κ1) is 13.1. The maximum absolute atomic E-state index is 13.3. The highest BCUT2D eigenvalue weighted by atomic mass is 19.1. The lowest BCUT2D eigenvalue weighted by Crippen LogP contribution is -2.25. The lowest BCUT2D eigenvalue weighted by molar-refractivity contribution is 0.0954. The van der Waals surface area contributed by atoms with Crippen molar-refractivity contribution in [2.75, 3.05) is 6.54 Å².